The molecule has 24 heavy (non-hydrogen) atoms. The van der Waals surface area contributed by atoms with E-state index < -0.39 is 0 Å². The second-order valence-corrected chi connectivity index (χ2v) is 5.91. The van der Waals surface area contributed by atoms with Gasteiger partial charge in [0.25, 0.3) is 0 Å². The van der Waals surface area contributed by atoms with E-state index in [0.717, 1.165) is 12.0 Å². The van der Waals surface area contributed by atoms with Gasteiger partial charge in [-0.05, 0) is 42.2 Å². The minimum absolute atomic E-state index is 0.164. The van der Waals surface area contributed by atoms with Crippen LogP contribution in [0.4, 0.5) is 15.0 Å². The van der Waals surface area contributed by atoms with Crippen LogP contribution in [0.3, 0.4) is 0 Å². The van der Waals surface area contributed by atoms with Gasteiger partial charge < -0.3 is 4.90 Å². The van der Waals surface area contributed by atoms with Gasteiger partial charge in [-0.2, -0.15) is 5.10 Å². The molecule has 1 aromatic heterocycles. The third kappa shape index (κ3) is 3.95. The lowest BCUT2D eigenvalue weighted by atomic mass is 9.91. The number of nitrogens with zero attached hydrogens (tertiary/aromatic N) is 3. The minimum Gasteiger partial charge on any atom is -0.324 e. The third-order valence-electron chi connectivity index (χ3n) is 4.11. The molecule has 1 N–H and O–H groups in total. The van der Waals surface area contributed by atoms with Crippen molar-refractivity contribution >= 4 is 17.9 Å². The summed E-state index contributed by atoms with van der Waals surface area (Å²) in [6, 6.07) is 9.72. The Kier molecular flexibility index (Phi) is 4.84. The largest absolute Gasteiger partial charge is 0.324 e. The monoisotopic (exact) mass is 326 g/mol. The lowest BCUT2D eigenvalue weighted by Gasteiger charge is -2.33. The van der Waals surface area contributed by atoms with Gasteiger partial charge in [-0.25, -0.2) is 9.18 Å². The maximum absolute atomic E-state index is 13.0. The molecule has 1 aliphatic heterocycles. The number of benzene rings is 1. The average molecular weight is 326 g/mol. The molecule has 1 aromatic carbocycles. The molecule has 0 spiro atoms. The summed E-state index contributed by atoms with van der Waals surface area (Å²) >= 11 is 0. The zero-order valence-electron chi connectivity index (χ0n) is 13.4. The van der Waals surface area contributed by atoms with Crippen LogP contribution in [-0.4, -0.2) is 34.2 Å². The number of anilines is 1. The van der Waals surface area contributed by atoms with E-state index in [4.69, 9.17) is 0 Å². The molecule has 1 saturated heterocycles. The first-order valence-electron chi connectivity index (χ1n) is 7.91. The van der Waals surface area contributed by atoms with Crippen molar-refractivity contribution in [2.45, 2.75) is 13.3 Å². The molecule has 0 saturated carbocycles. The van der Waals surface area contributed by atoms with Crippen LogP contribution in [0.25, 0.3) is 6.08 Å². The summed E-state index contributed by atoms with van der Waals surface area (Å²) in [5, 5.41) is 10.4. The molecule has 2 amide bonds. The van der Waals surface area contributed by atoms with Crippen molar-refractivity contribution in [2.75, 3.05) is 18.4 Å². The fraction of sp³-hybridized carbons (Fsp3) is 0.278. The number of carbonyl (C=O) groups excluding carboxylic acids is 1. The molecule has 6 heteroatoms. The molecular formula is C18H19FN4O. The van der Waals surface area contributed by atoms with Crippen LogP contribution in [0.15, 0.2) is 48.2 Å². The Morgan fingerprint density at radius 1 is 1.33 bits per heavy atom. The van der Waals surface area contributed by atoms with Crippen LogP contribution in [-0.2, 0) is 0 Å². The molecule has 0 bridgehead atoms. The van der Waals surface area contributed by atoms with Gasteiger partial charge in [-0.1, -0.05) is 30.7 Å². The Hall–Kier alpha value is -2.76. The van der Waals surface area contributed by atoms with Gasteiger partial charge in [0, 0.05) is 19.3 Å². The van der Waals surface area contributed by atoms with E-state index in [1.165, 1.54) is 17.7 Å². The number of hydrogen-bond donors (Lipinski definition) is 1. The summed E-state index contributed by atoms with van der Waals surface area (Å²) in [6.45, 7) is 3.37. The predicted molar refractivity (Wildman–Crippen MR) is 90.8 cm³/mol. The van der Waals surface area contributed by atoms with Gasteiger partial charge in [0.1, 0.15) is 5.82 Å². The Morgan fingerprint density at radius 3 is 2.79 bits per heavy atom. The predicted octanol–water partition coefficient (Wildman–Crippen LogP) is 3.57. The van der Waals surface area contributed by atoms with Crippen LogP contribution in [0.1, 0.15) is 18.9 Å². The smallest absolute Gasteiger partial charge is 0.323 e. The van der Waals surface area contributed by atoms with Crippen LogP contribution in [0.5, 0.6) is 0 Å². The van der Waals surface area contributed by atoms with Gasteiger partial charge in [0.2, 0.25) is 0 Å². The molecule has 1 atom stereocenters. The number of halogens is 1. The first-order valence-corrected chi connectivity index (χ1v) is 7.91. The van der Waals surface area contributed by atoms with Crippen molar-refractivity contribution in [3.63, 3.8) is 0 Å². The highest BCUT2D eigenvalue weighted by atomic mass is 19.1. The second kappa shape index (κ2) is 7.21. The van der Waals surface area contributed by atoms with E-state index in [1.54, 1.807) is 35.4 Å². The van der Waals surface area contributed by atoms with E-state index >= 15 is 0 Å². The van der Waals surface area contributed by atoms with E-state index in [1.807, 2.05) is 0 Å². The number of rotatable bonds is 2. The van der Waals surface area contributed by atoms with Gasteiger partial charge >= 0.3 is 6.03 Å². The zero-order valence-corrected chi connectivity index (χ0v) is 13.4. The van der Waals surface area contributed by atoms with Crippen molar-refractivity contribution in [2.24, 2.45) is 5.92 Å². The number of likely N-dealkylation sites (tertiary alicyclic amines) is 1. The normalized spacial score (nSPS) is 19.3. The fourth-order valence-corrected chi connectivity index (χ4v) is 2.78. The molecular weight excluding hydrogens is 307 g/mol. The molecule has 0 aliphatic carbocycles. The molecule has 1 aliphatic rings. The average Bonchev–Trinajstić information content (AvgIpc) is 2.59. The Bertz CT molecular complexity index is 730. The highest BCUT2D eigenvalue weighted by Gasteiger charge is 2.24. The molecule has 2 aromatic rings. The van der Waals surface area contributed by atoms with Crippen molar-refractivity contribution in [3.8, 4) is 0 Å². The number of carbonyl (C=O) groups is 1. The lowest BCUT2D eigenvalue weighted by Crippen LogP contribution is -2.42. The molecule has 1 unspecified atom stereocenters. The molecule has 124 valence electrons. The standard InChI is InChI=1S/C18H19FN4O/c1-13-12-23(18(24)21-17-3-2-9-20-22-17)10-8-15(13)11-14-4-6-16(19)7-5-14/h2-7,9,11,13H,8,10,12H2,1H3,(H,21,22,24)/b15-11+. The number of hydrogen-bond acceptors (Lipinski definition) is 3. The van der Waals surface area contributed by atoms with E-state index in [9.17, 15) is 9.18 Å². The van der Waals surface area contributed by atoms with E-state index in [0.29, 0.717) is 18.9 Å². The molecule has 5 nitrogen and oxygen atoms in total. The lowest BCUT2D eigenvalue weighted by molar-refractivity contribution is 0.197. The maximum Gasteiger partial charge on any atom is 0.323 e. The Balaban J connectivity index is 1.62. The summed E-state index contributed by atoms with van der Waals surface area (Å²) in [6.07, 6.45) is 4.44. The van der Waals surface area contributed by atoms with Gasteiger partial charge in [0.05, 0.1) is 0 Å². The molecule has 0 radical (unpaired) electrons. The Labute approximate surface area is 140 Å². The number of nitrogens with one attached hydrogen (secondary N) is 1. The van der Waals surface area contributed by atoms with Gasteiger partial charge in [0.15, 0.2) is 5.82 Å². The second-order valence-electron chi connectivity index (χ2n) is 5.91. The molecule has 1 fully saturated rings. The van der Waals surface area contributed by atoms with Crippen LogP contribution in [0.2, 0.25) is 0 Å². The van der Waals surface area contributed by atoms with Crippen LogP contribution >= 0.6 is 0 Å². The summed E-state index contributed by atoms with van der Waals surface area (Å²) in [4.78, 5) is 14.1. The number of amides is 2. The van der Waals surface area contributed by atoms with Crippen molar-refractivity contribution in [3.05, 3.63) is 59.5 Å². The summed E-state index contributed by atoms with van der Waals surface area (Å²) in [5.74, 6) is 0.458. The maximum atomic E-state index is 13.0. The zero-order chi connectivity index (χ0) is 16.9. The summed E-state index contributed by atoms with van der Waals surface area (Å²) in [7, 11) is 0. The quantitative estimate of drug-likeness (QED) is 0.918. The number of aromatic nitrogens is 2. The van der Waals surface area contributed by atoms with Gasteiger partial charge in [-0.15, -0.1) is 5.10 Å². The summed E-state index contributed by atoms with van der Waals surface area (Å²) in [5.41, 5.74) is 2.25. The molecule has 3 rings (SSSR count). The van der Waals surface area contributed by atoms with Crippen LogP contribution in [0, 0.1) is 11.7 Å². The highest BCUT2D eigenvalue weighted by molar-refractivity contribution is 5.88. The molecule has 2 heterocycles. The van der Waals surface area contributed by atoms with Crippen molar-refractivity contribution < 1.29 is 9.18 Å². The van der Waals surface area contributed by atoms with E-state index in [-0.39, 0.29) is 17.8 Å². The fourth-order valence-electron chi connectivity index (χ4n) is 2.78. The van der Waals surface area contributed by atoms with E-state index in [2.05, 4.69) is 28.5 Å². The van der Waals surface area contributed by atoms with Crippen molar-refractivity contribution in [1.82, 2.24) is 15.1 Å². The SMILES string of the molecule is CC1CN(C(=O)Nc2cccnn2)CC/C1=C\c1ccc(F)cc1. The Morgan fingerprint density at radius 2 is 2.12 bits per heavy atom. The number of urea groups is 1. The highest BCUT2D eigenvalue weighted by Crippen LogP contribution is 2.25. The number of piperidine rings is 1. The third-order valence-corrected chi connectivity index (χ3v) is 4.11. The minimum atomic E-state index is -0.235. The first-order chi connectivity index (χ1) is 11.6. The van der Waals surface area contributed by atoms with Crippen molar-refractivity contribution in [1.29, 1.82) is 0 Å². The topological polar surface area (TPSA) is 58.1 Å². The van der Waals surface area contributed by atoms with Crippen LogP contribution < -0.4 is 5.32 Å². The summed E-state index contributed by atoms with van der Waals surface area (Å²) < 4.78 is 13.0. The first kappa shape index (κ1) is 16.1. The van der Waals surface area contributed by atoms with Gasteiger partial charge in [-0.3, -0.25) is 5.32 Å².